The van der Waals surface area contributed by atoms with Gasteiger partial charge in [-0.2, -0.15) is 0 Å². The normalized spacial score (nSPS) is 13.2. The lowest BCUT2D eigenvalue weighted by molar-refractivity contribution is 0.304. The van der Waals surface area contributed by atoms with Gasteiger partial charge in [0.25, 0.3) is 0 Å². The zero-order valence-electron chi connectivity index (χ0n) is 16.4. The Morgan fingerprint density at radius 1 is 1.14 bits per heavy atom. The van der Waals surface area contributed by atoms with Crippen LogP contribution >= 0.6 is 59.0 Å². The van der Waals surface area contributed by atoms with Gasteiger partial charge in [-0.3, -0.25) is 4.98 Å². The highest BCUT2D eigenvalue weighted by Crippen LogP contribution is 2.40. The number of nitrogens with zero attached hydrogens (tertiary/aromatic N) is 1. The van der Waals surface area contributed by atoms with Crippen LogP contribution in [0.1, 0.15) is 25.0 Å². The molecule has 1 aromatic heterocycles. The molecule has 0 aliphatic rings. The van der Waals surface area contributed by atoms with Gasteiger partial charge in [-0.15, -0.1) is 24.8 Å². The second kappa shape index (κ2) is 10.5. The molecule has 8 heteroatoms. The number of para-hydroxylation sites is 1. The minimum Gasteiger partial charge on any atom is -0.496 e. The van der Waals surface area contributed by atoms with Crippen LogP contribution in [0.3, 0.4) is 0 Å². The summed E-state index contributed by atoms with van der Waals surface area (Å²) in [7, 11) is 1.68. The fourth-order valence-electron chi connectivity index (χ4n) is 3.07. The van der Waals surface area contributed by atoms with Crippen molar-refractivity contribution in [1.29, 1.82) is 0 Å². The van der Waals surface area contributed by atoms with Crippen LogP contribution in [0.25, 0.3) is 10.9 Å². The first-order valence-corrected chi connectivity index (χ1v) is 10.1. The van der Waals surface area contributed by atoms with Crippen molar-refractivity contribution in [1.82, 2.24) is 10.3 Å². The Hall–Kier alpha value is -0.830. The van der Waals surface area contributed by atoms with Crippen LogP contribution in [0.5, 0.6) is 5.75 Å². The van der Waals surface area contributed by atoms with Crippen molar-refractivity contribution < 1.29 is 4.74 Å². The molecule has 0 saturated heterocycles. The highest BCUT2D eigenvalue weighted by atomic mass is 127. The topological polar surface area (TPSA) is 60.2 Å². The number of hydrogen-bond donors (Lipinski definition) is 2. The van der Waals surface area contributed by atoms with Gasteiger partial charge in [0.1, 0.15) is 9.30 Å². The molecule has 1 heterocycles. The molecule has 0 amide bonds. The number of methoxy groups -OCH3 is 1. The lowest BCUT2D eigenvalue weighted by atomic mass is 9.87. The number of pyridine rings is 1. The minimum atomic E-state index is -0.679. The van der Waals surface area contributed by atoms with Gasteiger partial charge in [0, 0.05) is 34.3 Å². The van der Waals surface area contributed by atoms with Gasteiger partial charge in [0.2, 0.25) is 0 Å². The summed E-state index contributed by atoms with van der Waals surface area (Å²) in [6.07, 6.45) is 1.78. The summed E-state index contributed by atoms with van der Waals surface area (Å²) in [6.45, 7) is 4.86. The van der Waals surface area contributed by atoms with Crippen LogP contribution in [0.15, 0.2) is 54.7 Å². The number of nitrogens with two attached hydrogens (primary N) is 1. The van der Waals surface area contributed by atoms with Gasteiger partial charge in [0.15, 0.2) is 0 Å². The van der Waals surface area contributed by atoms with E-state index in [0.717, 1.165) is 27.8 Å². The van der Waals surface area contributed by atoms with E-state index in [0.29, 0.717) is 11.6 Å². The molecule has 0 aliphatic heterocycles. The molecule has 0 spiro atoms. The Kier molecular flexibility index (Phi) is 9.46. The van der Waals surface area contributed by atoms with E-state index in [1.54, 1.807) is 13.3 Å². The van der Waals surface area contributed by atoms with E-state index in [9.17, 15) is 0 Å². The van der Waals surface area contributed by atoms with Crippen LogP contribution in [-0.4, -0.2) is 17.6 Å². The smallest absolute Gasteiger partial charge is 0.123 e. The zero-order valence-corrected chi connectivity index (χ0v) is 21.0. The number of hydrogen-bond acceptors (Lipinski definition) is 4. The maximum Gasteiger partial charge on any atom is 0.123 e. The molecular formula is C21H25Cl3IN3O. The van der Waals surface area contributed by atoms with Crippen LogP contribution in [-0.2, 0) is 10.1 Å². The summed E-state index contributed by atoms with van der Waals surface area (Å²) in [4.78, 5) is 4.43. The van der Waals surface area contributed by atoms with Crippen LogP contribution in [0.4, 0.5) is 0 Å². The highest BCUT2D eigenvalue weighted by molar-refractivity contribution is 14.1. The van der Waals surface area contributed by atoms with Crippen molar-refractivity contribution in [3.63, 3.8) is 0 Å². The van der Waals surface area contributed by atoms with Gasteiger partial charge in [-0.25, -0.2) is 0 Å². The Balaban J connectivity index is 0.00000210. The van der Waals surface area contributed by atoms with Crippen molar-refractivity contribution in [3.8, 4) is 5.75 Å². The first kappa shape index (κ1) is 26.2. The average Bonchev–Trinajstić information content (AvgIpc) is 2.65. The lowest BCUT2D eigenvalue weighted by Crippen LogP contribution is -2.58. The molecule has 3 aromatic rings. The molecular weight excluding hydrogens is 544 g/mol. The summed E-state index contributed by atoms with van der Waals surface area (Å²) < 4.78 is 4.78. The molecule has 0 radical (unpaired) electrons. The molecule has 0 aliphatic carbocycles. The molecule has 0 saturated carbocycles. The standard InChI is InChI=1S/C21H23ClIN3O.2ClH/c1-20(2,26-13-14-6-4-5-7-19(14)27-3)21(23,24)17-10-11-25-18-12-15(22)8-9-16(17)18;;/h4-12,26H,13,24H2,1-3H3;2*1H. The molecule has 0 bridgehead atoms. The first-order chi connectivity index (χ1) is 12.8. The summed E-state index contributed by atoms with van der Waals surface area (Å²) in [5.74, 6) is 0.862. The zero-order chi connectivity index (χ0) is 19.7. The Morgan fingerprint density at radius 2 is 1.83 bits per heavy atom. The molecule has 0 fully saturated rings. The van der Waals surface area contributed by atoms with Gasteiger partial charge in [-0.05, 0) is 43.7 Å². The molecule has 3 N–H and O–H groups in total. The van der Waals surface area contributed by atoms with Crippen LogP contribution < -0.4 is 15.8 Å². The number of rotatable bonds is 6. The number of alkyl halides is 1. The molecule has 3 rings (SSSR count). The maximum absolute atomic E-state index is 6.89. The van der Waals surface area contributed by atoms with Crippen LogP contribution in [0.2, 0.25) is 5.02 Å². The Morgan fingerprint density at radius 3 is 2.52 bits per heavy atom. The number of ether oxygens (including phenoxy) is 1. The largest absolute Gasteiger partial charge is 0.496 e. The summed E-state index contributed by atoms with van der Waals surface area (Å²) in [5, 5.41) is 5.28. The molecule has 1 unspecified atom stereocenters. The van der Waals surface area contributed by atoms with Crippen molar-refractivity contribution in [2.45, 2.75) is 29.5 Å². The second-order valence-electron chi connectivity index (χ2n) is 7.02. The molecule has 4 nitrogen and oxygen atoms in total. The molecule has 2 aromatic carbocycles. The highest BCUT2D eigenvalue weighted by Gasteiger charge is 2.42. The van der Waals surface area contributed by atoms with E-state index in [2.05, 4.69) is 52.8 Å². The summed E-state index contributed by atoms with van der Waals surface area (Å²) in [6, 6.07) is 15.7. The lowest BCUT2D eigenvalue weighted by Gasteiger charge is -2.41. The van der Waals surface area contributed by atoms with Gasteiger partial charge >= 0.3 is 0 Å². The van der Waals surface area contributed by atoms with E-state index in [1.807, 2.05) is 42.5 Å². The van der Waals surface area contributed by atoms with E-state index in [-0.39, 0.29) is 24.8 Å². The third-order valence-corrected chi connectivity index (χ3v) is 7.08. The Bertz CT molecular complexity index is 967. The molecule has 29 heavy (non-hydrogen) atoms. The van der Waals surface area contributed by atoms with E-state index >= 15 is 0 Å². The number of aromatic nitrogens is 1. The monoisotopic (exact) mass is 567 g/mol. The van der Waals surface area contributed by atoms with Gasteiger partial charge in [0.05, 0.1) is 12.6 Å². The average molecular weight is 569 g/mol. The van der Waals surface area contributed by atoms with E-state index in [4.69, 9.17) is 22.1 Å². The van der Waals surface area contributed by atoms with E-state index in [1.165, 1.54) is 0 Å². The third kappa shape index (κ3) is 5.46. The van der Waals surface area contributed by atoms with Gasteiger partial charge in [-0.1, -0.05) is 58.5 Å². The van der Waals surface area contributed by atoms with Crippen molar-refractivity contribution in [2.24, 2.45) is 5.73 Å². The maximum atomic E-state index is 6.89. The number of halogens is 4. The predicted octanol–water partition coefficient (Wildman–Crippen LogP) is 5.86. The molecule has 158 valence electrons. The second-order valence-corrected chi connectivity index (χ2v) is 9.16. The van der Waals surface area contributed by atoms with Gasteiger partial charge < -0.3 is 15.8 Å². The predicted molar refractivity (Wildman–Crippen MR) is 135 cm³/mol. The van der Waals surface area contributed by atoms with Crippen molar-refractivity contribution in [3.05, 3.63) is 70.9 Å². The summed E-state index contributed by atoms with van der Waals surface area (Å²) >= 11 is 8.45. The van der Waals surface area contributed by atoms with Crippen LogP contribution in [0, 0.1) is 0 Å². The van der Waals surface area contributed by atoms with Crippen molar-refractivity contribution >= 4 is 69.9 Å². The number of benzene rings is 2. The number of nitrogens with one attached hydrogen (secondary N) is 1. The minimum absolute atomic E-state index is 0. The SMILES string of the molecule is COc1ccccc1CNC(C)(C)C(N)(I)c1ccnc2cc(Cl)ccc12.Cl.Cl. The quantitative estimate of drug-likeness (QED) is 0.222. The van der Waals surface area contributed by atoms with E-state index < -0.39 is 9.08 Å². The third-order valence-electron chi connectivity index (χ3n) is 4.92. The fraction of sp³-hybridized carbons (Fsp3) is 0.286. The molecule has 1 atom stereocenters. The Labute approximate surface area is 202 Å². The fourth-order valence-corrected chi connectivity index (χ4v) is 3.90. The first-order valence-electron chi connectivity index (χ1n) is 8.66. The van der Waals surface area contributed by atoms with Crippen molar-refractivity contribution in [2.75, 3.05) is 7.11 Å². The summed E-state index contributed by atoms with van der Waals surface area (Å²) in [5.41, 5.74) is 9.42. The number of fused-ring (bicyclic) bond motifs is 1.